The van der Waals surface area contributed by atoms with E-state index in [1.54, 1.807) is 19.0 Å². The fourth-order valence-electron chi connectivity index (χ4n) is 1.48. The van der Waals surface area contributed by atoms with Crippen molar-refractivity contribution in [2.75, 3.05) is 27.7 Å². The topological polar surface area (TPSA) is 32.3 Å². The van der Waals surface area contributed by atoms with E-state index in [1.165, 1.54) is 0 Å². The average molecular weight is 232 g/mol. The van der Waals surface area contributed by atoms with Crippen LogP contribution in [0.1, 0.15) is 22.3 Å². The molecular weight excluding hydrogens is 212 g/mol. The summed E-state index contributed by atoms with van der Waals surface area (Å²) in [6.45, 7) is 0.965. The molecule has 0 fully saturated rings. The lowest BCUT2D eigenvalue weighted by Gasteiger charge is -2.10. The summed E-state index contributed by atoms with van der Waals surface area (Å²) in [4.78, 5) is 13.4. The van der Waals surface area contributed by atoms with Crippen molar-refractivity contribution >= 4 is 12.0 Å². The van der Waals surface area contributed by atoms with E-state index in [0.29, 0.717) is 0 Å². The summed E-state index contributed by atoms with van der Waals surface area (Å²) < 4.78 is 0. The Morgan fingerprint density at radius 2 is 2.18 bits per heavy atom. The van der Waals surface area contributed by atoms with Crippen molar-refractivity contribution in [2.45, 2.75) is 6.42 Å². The van der Waals surface area contributed by atoms with Gasteiger partial charge in [-0.1, -0.05) is 24.3 Å². The van der Waals surface area contributed by atoms with E-state index in [2.05, 4.69) is 11.4 Å². The number of carbonyl (C=O) groups is 1. The highest BCUT2D eigenvalue weighted by Crippen LogP contribution is 2.09. The van der Waals surface area contributed by atoms with E-state index in [-0.39, 0.29) is 5.91 Å². The van der Waals surface area contributed by atoms with E-state index < -0.39 is 0 Å². The summed E-state index contributed by atoms with van der Waals surface area (Å²) in [6, 6.07) is 7.67. The van der Waals surface area contributed by atoms with E-state index in [0.717, 1.165) is 24.1 Å². The van der Waals surface area contributed by atoms with Crippen molar-refractivity contribution in [1.82, 2.24) is 10.2 Å². The maximum atomic E-state index is 11.8. The molecule has 1 N–H and O–H groups in total. The molecule has 0 saturated heterocycles. The first-order valence-corrected chi connectivity index (χ1v) is 5.78. The highest BCUT2D eigenvalue weighted by Gasteiger charge is 2.06. The van der Waals surface area contributed by atoms with Gasteiger partial charge in [0.25, 0.3) is 5.91 Å². The Bertz CT molecular complexity index is 397. The summed E-state index contributed by atoms with van der Waals surface area (Å²) in [7, 11) is 5.46. The van der Waals surface area contributed by atoms with Gasteiger partial charge in [-0.05, 0) is 37.7 Å². The molecule has 1 amide bonds. The SMILES string of the molecule is CNCCC=Cc1cccc(C(=O)N(C)C)c1. The van der Waals surface area contributed by atoms with Crippen LogP contribution in [0.4, 0.5) is 0 Å². The van der Waals surface area contributed by atoms with Crippen LogP contribution in [0, 0.1) is 0 Å². The maximum absolute atomic E-state index is 11.8. The van der Waals surface area contributed by atoms with Crippen molar-refractivity contribution in [3.05, 3.63) is 41.5 Å². The van der Waals surface area contributed by atoms with Gasteiger partial charge in [0.05, 0.1) is 0 Å². The lowest BCUT2D eigenvalue weighted by molar-refractivity contribution is 0.0827. The summed E-state index contributed by atoms with van der Waals surface area (Å²) in [6.07, 6.45) is 5.14. The minimum Gasteiger partial charge on any atom is -0.345 e. The molecule has 0 bridgehead atoms. The summed E-state index contributed by atoms with van der Waals surface area (Å²) in [5, 5.41) is 3.09. The summed E-state index contributed by atoms with van der Waals surface area (Å²) >= 11 is 0. The third-order valence-corrected chi connectivity index (χ3v) is 2.41. The van der Waals surface area contributed by atoms with Crippen LogP contribution in [0.2, 0.25) is 0 Å². The highest BCUT2D eigenvalue weighted by atomic mass is 16.2. The van der Waals surface area contributed by atoms with E-state index in [9.17, 15) is 4.79 Å². The molecule has 1 aromatic rings. The fraction of sp³-hybridized carbons (Fsp3) is 0.357. The zero-order chi connectivity index (χ0) is 12.7. The molecular formula is C14H20N2O. The smallest absolute Gasteiger partial charge is 0.253 e. The summed E-state index contributed by atoms with van der Waals surface area (Å²) in [5.41, 5.74) is 1.79. The van der Waals surface area contributed by atoms with Gasteiger partial charge in [-0.3, -0.25) is 4.79 Å². The standard InChI is InChI=1S/C14H20N2O/c1-15-10-5-4-7-12-8-6-9-13(11-12)14(17)16(2)3/h4,6-9,11,15H,5,10H2,1-3H3. The predicted octanol–water partition coefficient (Wildman–Crippen LogP) is 2.01. The van der Waals surface area contributed by atoms with E-state index >= 15 is 0 Å². The van der Waals surface area contributed by atoms with Crippen molar-refractivity contribution in [1.29, 1.82) is 0 Å². The van der Waals surface area contributed by atoms with Gasteiger partial charge in [0, 0.05) is 19.7 Å². The van der Waals surface area contributed by atoms with Crippen molar-refractivity contribution in [3.8, 4) is 0 Å². The minimum absolute atomic E-state index is 0.0375. The van der Waals surface area contributed by atoms with Gasteiger partial charge in [-0.15, -0.1) is 0 Å². The molecule has 0 unspecified atom stereocenters. The molecule has 17 heavy (non-hydrogen) atoms. The first-order chi connectivity index (χ1) is 8.15. The van der Waals surface area contributed by atoms with Gasteiger partial charge in [0.1, 0.15) is 0 Å². The number of nitrogens with one attached hydrogen (secondary N) is 1. The van der Waals surface area contributed by atoms with Crippen LogP contribution in [-0.4, -0.2) is 38.5 Å². The van der Waals surface area contributed by atoms with Crippen LogP contribution in [0.3, 0.4) is 0 Å². The Labute approximate surface area is 103 Å². The normalized spacial score (nSPS) is 10.8. The van der Waals surface area contributed by atoms with Gasteiger partial charge in [-0.25, -0.2) is 0 Å². The van der Waals surface area contributed by atoms with Gasteiger partial charge in [-0.2, -0.15) is 0 Å². The van der Waals surface area contributed by atoms with Crippen molar-refractivity contribution in [2.24, 2.45) is 0 Å². The monoisotopic (exact) mass is 232 g/mol. The number of benzene rings is 1. The number of carbonyl (C=O) groups excluding carboxylic acids is 1. The Morgan fingerprint density at radius 1 is 1.41 bits per heavy atom. The van der Waals surface area contributed by atoms with E-state index in [1.807, 2.05) is 37.4 Å². The first kappa shape index (κ1) is 13.5. The quantitative estimate of drug-likeness (QED) is 0.788. The predicted molar refractivity (Wildman–Crippen MR) is 72.0 cm³/mol. The number of hydrogen-bond acceptors (Lipinski definition) is 2. The van der Waals surface area contributed by atoms with Crippen LogP contribution >= 0.6 is 0 Å². The molecule has 3 nitrogen and oxygen atoms in total. The molecule has 0 aliphatic heterocycles. The number of rotatable bonds is 5. The molecule has 0 heterocycles. The summed E-state index contributed by atoms with van der Waals surface area (Å²) in [5.74, 6) is 0.0375. The van der Waals surface area contributed by atoms with E-state index in [4.69, 9.17) is 0 Å². The third kappa shape index (κ3) is 4.41. The minimum atomic E-state index is 0.0375. The third-order valence-electron chi connectivity index (χ3n) is 2.41. The largest absolute Gasteiger partial charge is 0.345 e. The first-order valence-electron chi connectivity index (χ1n) is 5.78. The van der Waals surface area contributed by atoms with Crippen LogP contribution in [-0.2, 0) is 0 Å². The van der Waals surface area contributed by atoms with Crippen molar-refractivity contribution in [3.63, 3.8) is 0 Å². The Balaban J connectivity index is 2.72. The lowest BCUT2D eigenvalue weighted by atomic mass is 10.1. The molecule has 3 heteroatoms. The molecule has 92 valence electrons. The Kier molecular flexibility index (Phi) is 5.43. The zero-order valence-electron chi connectivity index (χ0n) is 10.7. The number of amides is 1. The maximum Gasteiger partial charge on any atom is 0.253 e. The van der Waals surface area contributed by atoms with Gasteiger partial charge < -0.3 is 10.2 Å². The molecule has 0 spiro atoms. The van der Waals surface area contributed by atoms with Crippen LogP contribution < -0.4 is 5.32 Å². The Morgan fingerprint density at radius 3 is 2.82 bits per heavy atom. The average Bonchev–Trinajstić information content (AvgIpc) is 2.34. The van der Waals surface area contributed by atoms with Gasteiger partial charge >= 0.3 is 0 Å². The fourth-order valence-corrected chi connectivity index (χ4v) is 1.48. The molecule has 1 aromatic carbocycles. The lowest BCUT2D eigenvalue weighted by Crippen LogP contribution is -2.21. The van der Waals surface area contributed by atoms with Crippen LogP contribution in [0.5, 0.6) is 0 Å². The Hall–Kier alpha value is -1.61. The number of hydrogen-bond donors (Lipinski definition) is 1. The van der Waals surface area contributed by atoms with Gasteiger partial charge in [0.2, 0.25) is 0 Å². The molecule has 1 rings (SSSR count). The number of nitrogens with zero attached hydrogens (tertiary/aromatic N) is 1. The second kappa shape index (κ2) is 6.86. The molecule has 0 aromatic heterocycles. The molecule has 0 radical (unpaired) electrons. The molecule has 0 aliphatic rings. The zero-order valence-corrected chi connectivity index (χ0v) is 10.7. The van der Waals surface area contributed by atoms with Crippen LogP contribution in [0.15, 0.2) is 30.3 Å². The van der Waals surface area contributed by atoms with Crippen molar-refractivity contribution < 1.29 is 4.79 Å². The molecule has 0 atom stereocenters. The second-order valence-electron chi connectivity index (χ2n) is 4.12. The molecule has 0 saturated carbocycles. The van der Waals surface area contributed by atoms with Crippen LogP contribution in [0.25, 0.3) is 6.08 Å². The highest BCUT2D eigenvalue weighted by molar-refractivity contribution is 5.94. The molecule has 0 aliphatic carbocycles. The second-order valence-corrected chi connectivity index (χ2v) is 4.12. The van der Waals surface area contributed by atoms with Gasteiger partial charge in [0.15, 0.2) is 0 Å².